The van der Waals surface area contributed by atoms with Gasteiger partial charge in [0.25, 0.3) is 5.69 Å². The lowest BCUT2D eigenvalue weighted by atomic mass is 9.94. The SMILES string of the molecule is CCOC(=O)C1=C(CN2CCN(c3ccc([N+](=O)[O-])cc3)CC2)NC(=O)NC1c1ccc(C)cc1. The molecule has 10 nitrogen and oxygen atoms in total. The van der Waals surface area contributed by atoms with Crippen LogP contribution in [0.3, 0.4) is 0 Å². The van der Waals surface area contributed by atoms with E-state index in [1.54, 1.807) is 19.1 Å². The largest absolute Gasteiger partial charge is 0.463 e. The van der Waals surface area contributed by atoms with Gasteiger partial charge in [0.2, 0.25) is 0 Å². The van der Waals surface area contributed by atoms with Crippen LogP contribution in [0.2, 0.25) is 0 Å². The molecule has 2 aromatic rings. The Balaban J connectivity index is 1.51. The molecule has 0 spiro atoms. The maximum absolute atomic E-state index is 13.0. The fourth-order valence-corrected chi connectivity index (χ4v) is 4.37. The second kappa shape index (κ2) is 10.6. The van der Waals surface area contributed by atoms with E-state index in [2.05, 4.69) is 20.4 Å². The summed E-state index contributed by atoms with van der Waals surface area (Å²) in [6.45, 7) is 7.21. The first kappa shape index (κ1) is 24.2. The number of nitrogens with zero attached hydrogens (tertiary/aromatic N) is 3. The van der Waals surface area contributed by atoms with E-state index >= 15 is 0 Å². The van der Waals surface area contributed by atoms with Gasteiger partial charge in [-0.3, -0.25) is 15.0 Å². The Morgan fingerprint density at radius 1 is 1.09 bits per heavy atom. The van der Waals surface area contributed by atoms with E-state index in [0.29, 0.717) is 44.0 Å². The number of carbonyl (C=O) groups is 2. The van der Waals surface area contributed by atoms with Crippen LogP contribution < -0.4 is 15.5 Å². The van der Waals surface area contributed by atoms with Crippen LogP contribution >= 0.6 is 0 Å². The minimum Gasteiger partial charge on any atom is -0.463 e. The molecule has 35 heavy (non-hydrogen) atoms. The van der Waals surface area contributed by atoms with Gasteiger partial charge in [-0.25, -0.2) is 9.59 Å². The first-order valence-corrected chi connectivity index (χ1v) is 11.6. The average molecular weight is 480 g/mol. The van der Waals surface area contributed by atoms with Gasteiger partial charge in [0.05, 0.1) is 23.1 Å². The monoisotopic (exact) mass is 479 g/mol. The first-order chi connectivity index (χ1) is 16.9. The highest BCUT2D eigenvalue weighted by molar-refractivity contribution is 5.95. The van der Waals surface area contributed by atoms with Gasteiger partial charge in [0, 0.05) is 56.2 Å². The molecule has 184 valence electrons. The van der Waals surface area contributed by atoms with E-state index < -0.39 is 16.9 Å². The van der Waals surface area contributed by atoms with Crippen molar-refractivity contribution in [2.45, 2.75) is 19.9 Å². The summed E-state index contributed by atoms with van der Waals surface area (Å²) in [6.07, 6.45) is 0. The van der Waals surface area contributed by atoms with Crippen LogP contribution in [0.25, 0.3) is 0 Å². The standard InChI is InChI=1S/C25H29N5O5/c1-3-35-24(31)22-21(26-25(32)27-23(22)18-6-4-17(2)5-7-18)16-28-12-14-29(15-13-28)19-8-10-20(11-9-19)30(33)34/h4-11,23H,3,12-16H2,1-2H3,(H2,26,27,32). The van der Waals surface area contributed by atoms with Crippen LogP contribution in [-0.2, 0) is 9.53 Å². The molecule has 0 bridgehead atoms. The zero-order chi connectivity index (χ0) is 24.9. The maximum atomic E-state index is 13.0. The fourth-order valence-electron chi connectivity index (χ4n) is 4.37. The number of hydrogen-bond donors (Lipinski definition) is 2. The number of hydrogen-bond acceptors (Lipinski definition) is 7. The van der Waals surface area contributed by atoms with E-state index in [4.69, 9.17) is 4.74 Å². The van der Waals surface area contributed by atoms with E-state index in [1.807, 2.05) is 31.2 Å². The van der Waals surface area contributed by atoms with Gasteiger partial charge in [-0.2, -0.15) is 0 Å². The van der Waals surface area contributed by atoms with Crippen molar-refractivity contribution in [1.82, 2.24) is 15.5 Å². The minimum atomic E-state index is -0.597. The number of ether oxygens (including phenoxy) is 1. The Labute approximate surface area is 203 Å². The van der Waals surface area contributed by atoms with Crippen molar-refractivity contribution in [2.75, 3.05) is 44.2 Å². The molecular weight excluding hydrogens is 450 g/mol. The number of urea groups is 1. The number of non-ortho nitro benzene ring substituents is 1. The molecule has 0 radical (unpaired) electrons. The quantitative estimate of drug-likeness (QED) is 0.356. The maximum Gasteiger partial charge on any atom is 0.338 e. The van der Waals surface area contributed by atoms with Crippen molar-refractivity contribution in [2.24, 2.45) is 0 Å². The van der Waals surface area contributed by atoms with E-state index in [1.165, 1.54) is 12.1 Å². The number of piperazine rings is 1. The van der Waals surface area contributed by atoms with Gasteiger partial charge in [-0.15, -0.1) is 0 Å². The summed E-state index contributed by atoms with van der Waals surface area (Å²) in [5, 5.41) is 16.6. The minimum absolute atomic E-state index is 0.0654. The summed E-state index contributed by atoms with van der Waals surface area (Å²) >= 11 is 0. The molecule has 2 heterocycles. The number of nitrogens with one attached hydrogen (secondary N) is 2. The lowest BCUT2D eigenvalue weighted by Gasteiger charge is -2.38. The van der Waals surface area contributed by atoms with E-state index in [9.17, 15) is 19.7 Å². The Hall–Kier alpha value is -3.92. The second-order valence-corrected chi connectivity index (χ2v) is 8.59. The molecule has 1 fully saturated rings. The van der Waals surface area contributed by atoms with Crippen LogP contribution in [0.5, 0.6) is 0 Å². The number of aryl methyl sites for hydroxylation is 1. The lowest BCUT2D eigenvalue weighted by molar-refractivity contribution is -0.384. The van der Waals surface area contributed by atoms with Gasteiger partial charge < -0.3 is 20.3 Å². The van der Waals surface area contributed by atoms with Gasteiger partial charge in [-0.05, 0) is 31.5 Å². The van der Waals surface area contributed by atoms with Crippen LogP contribution in [0.4, 0.5) is 16.2 Å². The molecule has 2 aliphatic rings. The van der Waals surface area contributed by atoms with E-state index in [0.717, 1.165) is 16.8 Å². The van der Waals surface area contributed by atoms with Crippen LogP contribution in [0.15, 0.2) is 59.8 Å². The smallest absolute Gasteiger partial charge is 0.338 e. The van der Waals surface area contributed by atoms with Crippen molar-refractivity contribution in [1.29, 1.82) is 0 Å². The summed E-state index contributed by atoms with van der Waals surface area (Å²) in [7, 11) is 0. The summed E-state index contributed by atoms with van der Waals surface area (Å²) in [5.74, 6) is -0.454. The number of esters is 1. The Morgan fingerprint density at radius 2 is 1.74 bits per heavy atom. The Kier molecular flexibility index (Phi) is 7.31. The molecule has 2 amide bonds. The number of anilines is 1. The van der Waals surface area contributed by atoms with Gasteiger partial charge in [-0.1, -0.05) is 29.8 Å². The fraction of sp³-hybridized carbons (Fsp3) is 0.360. The molecule has 2 N–H and O–H groups in total. The molecule has 1 saturated heterocycles. The van der Waals surface area contributed by atoms with Crippen molar-refractivity contribution in [3.05, 3.63) is 81.0 Å². The molecule has 0 saturated carbocycles. The lowest BCUT2D eigenvalue weighted by Crippen LogP contribution is -2.51. The van der Waals surface area contributed by atoms with Crippen molar-refractivity contribution >= 4 is 23.4 Å². The zero-order valence-electron chi connectivity index (χ0n) is 19.8. The predicted octanol–water partition coefficient (Wildman–Crippen LogP) is 2.90. The molecule has 0 aromatic heterocycles. The molecule has 2 aliphatic heterocycles. The predicted molar refractivity (Wildman–Crippen MR) is 131 cm³/mol. The van der Waals surface area contributed by atoms with Gasteiger partial charge in [0.1, 0.15) is 0 Å². The summed E-state index contributed by atoms with van der Waals surface area (Å²) in [5.41, 5.74) is 3.84. The highest BCUT2D eigenvalue weighted by Gasteiger charge is 2.34. The molecule has 2 aromatic carbocycles. The normalized spacial score (nSPS) is 18.6. The molecule has 0 aliphatic carbocycles. The zero-order valence-corrected chi connectivity index (χ0v) is 19.8. The van der Waals surface area contributed by atoms with Crippen molar-refractivity contribution < 1.29 is 19.2 Å². The topological polar surface area (TPSA) is 117 Å². The number of rotatable bonds is 7. The van der Waals surface area contributed by atoms with Gasteiger partial charge >= 0.3 is 12.0 Å². The molecule has 10 heteroatoms. The molecule has 4 rings (SSSR count). The van der Waals surface area contributed by atoms with Crippen LogP contribution in [0.1, 0.15) is 24.1 Å². The molecule has 1 unspecified atom stereocenters. The number of carbonyl (C=O) groups excluding carboxylic acids is 2. The highest BCUT2D eigenvalue weighted by Crippen LogP contribution is 2.29. The molecule has 1 atom stereocenters. The molecular formula is C25H29N5O5. The van der Waals surface area contributed by atoms with Crippen molar-refractivity contribution in [3.8, 4) is 0 Å². The number of nitro benzene ring substituents is 1. The third-order valence-electron chi connectivity index (χ3n) is 6.24. The summed E-state index contributed by atoms with van der Waals surface area (Å²) < 4.78 is 5.35. The third kappa shape index (κ3) is 5.60. The second-order valence-electron chi connectivity index (χ2n) is 8.59. The van der Waals surface area contributed by atoms with Crippen LogP contribution in [-0.4, -0.2) is 61.2 Å². The van der Waals surface area contributed by atoms with Crippen molar-refractivity contribution in [3.63, 3.8) is 0 Å². The average Bonchev–Trinajstić information content (AvgIpc) is 2.85. The number of nitro groups is 1. The Bertz CT molecular complexity index is 1120. The number of amides is 2. The summed E-state index contributed by atoms with van der Waals surface area (Å²) in [6, 6.07) is 13.3. The Morgan fingerprint density at radius 3 is 2.34 bits per heavy atom. The third-order valence-corrected chi connectivity index (χ3v) is 6.24. The number of benzene rings is 2. The van der Waals surface area contributed by atoms with Gasteiger partial charge in [0.15, 0.2) is 0 Å². The van der Waals surface area contributed by atoms with Crippen LogP contribution in [0, 0.1) is 17.0 Å². The highest BCUT2D eigenvalue weighted by atomic mass is 16.6. The van der Waals surface area contributed by atoms with E-state index in [-0.39, 0.29) is 18.3 Å². The first-order valence-electron chi connectivity index (χ1n) is 11.6. The summed E-state index contributed by atoms with van der Waals surface area (Å²) in [4.78, 5) is 40.3.